The van der Waals surface area contributed by atoms with Gasteiger partial charge in [-0.3, -0.25) is 4.79 Å². The minimum Gasteiger partial charge on any atom is -0.379 e. The Labute approximate surface area is 76.7 Å². The summed E-state index contributed by atoms with van der Waals surface area (Å²) in [5.74, 6) is 0.817. The van der Waals surface area contributed by atoms with Gasteiger partial charge in [0, 0.05) is 11.2 Å². The maximum Gasteiger partial charge on any atom is 0.250 e. The molecule has 1 heterocycles. The van der Waals surface area contributed by atoms with E-state index < -0.39 is 11.5 Å². The molecule has 1 rings (SSSR count). The molecule has 4 heteroatoms. The summed E-state index contributed by atoms with van der Waals surface area (Å²) in [6.07, 6.45) is 0.830. The van der Waals surface area contributed by atoms with Crippen LogP contribution in [0, 0.1) is 5.41 Å². The Hall–Kier alpha value is -0.220. The van der Waals surface area contributed by atoms with Crippen molar-refractivity contribution in [2.75, 3.05) is 11.5 Å². The highest BCUT2D eigenvalue weighted by Gasteiger charge is 2.50. The van der Waals surface area contributed by atoms with E-state index in [1.807, 2.05) is 13.8 Å². The fourth-order valence-electron chi connectivity index (χ4n) is 1.35. The topological polar surface area (TPSA) is 63.3 Å². The van der Waals surface area contributed by atoms with Crippen molar-refractivity contribution >= 4 is 17.7 Å². The second kappa shape index (κ2) is 2.92. The Morgan fingerprint density at radius 2 is 2.17 bits per heavy atom. The average molecular weight is 189 g/mol. The van der Waals surface area contributed by atoms with Crippen LogP contribution in [0.4, 0.5) is 0 Å². The van der Waals surface area contributed by atoms with Crippen molar-refractivity contribution in [2.24, 2.45) is 11.1 Å². The van der Waals surface area contributed by atoms with E-state index in [9.17, 15) is 9.90 Å². The summed E-state index contributed by atoms with van der Waals surface area (Å²) in [6.45, 7) is 3.77. The highest BCUT2D eigenvalue weighted by molar-refractivity contribution is 7.99. The van der Waals surface area contributed by atoms with Gasteiger partial charge in [-0.2, -0.15) is 11.8 Å². The Balaban J connectivity index is 2.91. The lowest BCUT2D eigenvalue weighted by atomic mass is 9.73. The molecule has 1 atom stereocenters. The summed E-state index contributed by atoms with van der Waals surface area (Å²) >= 11 is 1.58. The Morgan fingerprint density at radius 1 is 1.58 bits per heavy atom. The first-order valence-electron chi connectivity index (χ1n) is 4.00. The summed E-state index contributed by atoms with van der Waals surface area (Å²) in [4.78, 5) is 11.1. The molecule has 0 bridgehead atoms. The summed E-state index contributed by atoms with van der Waals surface area (Å²) < 4.78 is 0. The number of primary amides is 1. The molecular formula is C8H15NO2S. The number of aliphatic hydroxyl groups is 1. The largest absolute Gasteiger partial charge is 0.379 e. The van der Waals surface area contributed by atoms with Crippen molar-refractivity contribution in [1.29, 1.82) is 0 Å². The molecule has 1 aliphatic rings. The SMILES string of the molecule is CC1(C)CCSCC1(O)C(N)=O. The summed E-state index contributed by atoms with van der Waals surface area (Å²) in [6, 6.07) is 0. The van der Waals surface area contributed by atoms with Crippen LogP contribution in [-0.4, -0.2) is 28.1 Å². The van der Waals surface area contributed by atoms with Crippen molar-refractivity contribution in [1.82, 2.24) is 0 Å². The lowest BCUT2D eigenvalue weighted by molar-refractivity contribution is -0.146. The van der Waals surface area contributed by atoms with Gasteiger partial charge in [0.25, 0.3) is 5.91 Å². The van der Waals surface area contributed by atoms with Crippen LogP contribution in [0.25, 0.3) is 0 Å². The number of hydrogen-bond donors (Lipinski definition) is 2. The maximum atomic E-state index is 11.1. The van der Waals surface area contributed by atoms with Crippen LogP contribution in [0.5, 0.6) is 0 Å². The van der Waals surface area contributed by atoms with Crippen molar-refractivity contribution in [3.05, 3.63) is 0 Å². The van der Waals surface area contributed by atoms with Gasteiger partial charge < -0.3 is 10.8 Å². The van der Waals surface area contributed by atoms with Crippen molar-refractivity contribution in [3.63, 3.8) is 0 Å². The third kappa shape index (κ3) is 1.33. The average Bonchev–Trinajstić information content (AvgIpc) is 1.95. The molecule has 0 aromatic carbocycles. The van der Waals surface area contributed by atoms with Crippen LogP contribution in [0.3, 0.4) is 0 Å². The van der Waals surface area contributed by atoms with Gasteiger partial charge >= 0.3 is 0 Å². The molecule has 1 aliphatic heterocycles. The van der Waals surface area contributed by atoms with E-state index in [0.29, 0.717) is 5.75 Å². The molecule has 12 heavy (non-hydrogen) atoms. The van der Waals surface area contributed by atoms with E-state index in [2.05, 4.69) is 0 Å². The van der Waals surface area contributed by atoms with Gasteiger partial charge in [0.15, 0.2) is 5.60 Å². The molecule has 70 valence electrons. The minimum absolute atomic E-state index is 0.385. The van der Waals surface area contributed by atoms with E-state index in [1.54, 1.807) is 11.8 Å². The maximum absolute atomic E-state index is 11.1. The fourth-order valence-corrected chi connectivity index (χ4v) is 2.98. The second-order valence-corrected chi connectivity index (χ2v) is 5.02. The fraction of sp³-hybridized carbons (Fsp3) is 0.875. The number of amides is 1. The van der Waals surface area contributed by atoms with Crippen LogP contribution in [0.15, 0.2) is 0 Å². The summed E-state index contributed by atoms with van der Waals surface area (Å²) in [5, 5.41) is 9.98. The number of thioether (sulfide) groups is 1. The molecule has 0 aromatic rings. The highest BCUT2D eigenvalue weighted by Crippen LogP contribution is 2.41. The van der Waals surface area contributed by atoms with E-state index in [0.717, 1.165) is 12.2 Å². The van der Waals surface area contributed by atoms with Crippen molar-refractivity contribution < 1.29 is 9.90 Å². The lowest BCUT2D eigenvalue weighted by Crippen LogP contribution is -2.58. The first kappa shape index (κ1) is 9.86. The van der Waals surface area contributed by atoms with Gasteiger partial charge in [-0.25, -0.2) is 0 Å². The molecule has 1 unspecified atom stereocenters. The van der Waals surface area contributed by atoms with Gasteiger partial charge in [-0.05, 0) is 12.2 Å². The molecule has 3 nitrogen and oxygen atoms in total. The van der Waals surface area contributed by atoms with Crippen LogP contribution in [0.2, 0.25) is 0 Å². The number of carbonyl (C=O) groups is 1. The van der Waals surface area contributed by atoms with Gasteiger partial charge in [0.2, 0.25) is 0 Å². The molecule has 0 radical (unpaired) electrons. The summed E-state index contributed by atoms with van der Waals surface area (Å²) in [7, 11) is 0. The van der Waals surface area contributed by atoms with Crippen LogP contribution >= 0.6 is 11.8 Å². The Kier molecular flexibility index (Phi) is 2.40. The van der Waals surface area contributed by atoms with Crippen molar-refractivity contribution in [2.45, 2.75) is 25.9 Å². The van der Waals surface area contributed by atoms with Crippen molar-refractivity contribution in [3.8, 4) is 0 Å². The molecule has 1 fully saturated rings. The molecular weight excluding hydrogens is 174 g/mol. The molecule has 1 amide bonds. The number of carbonyl (C=O) groups excluding carboxylic acids is 1. The monoisotopic (exact) mass is 189 g/mol. The van der Waals surface area contributed by atoms with E-state index >= 15 is 0 Å². The predicted molar refractivity (Wildman–Crippen MR) is 49.9 cm³/mol. The third-order valence-corrected chi connectivity index (χ3v) is 3.82. The van der Waals surface area contributed by atoms with Crippen LogP contribution < -0.4 is 5.73 Å². The molecule has 0 spiro atoms. The smallest absolute Gasteiger partial charge is 0.250 e. The molecule has 0 aliphatic carbocycles. The second-order valence-electron chi connectivity index (χ2n) is 3.91. The normalized spacial score (nSPS) is 34.6. The zero-order chi connectivity index (χ0) is 9.41. The molecule has 1 saturated heterocycles. The van der Waals surface area contributed by atoms with Crippen LogP contribution in [0.1, 0.15) is 20.3 Å². The number of rotatable bonds is 1. The number of nitrogens with two attached hydrogens (primary N) is 1. The lowest BCUT2D eigenvalue weighted by Gasteiger charge is -2.43. The zero-order valence-corrected chi connectivity index (χ0v) is 8.28. The van der Waals surface area contributed by atoms with Gasteiger partial charge in [0.05, 0.1) is 0 Å². The molecule has 3 N–H and O–H groups in total. The molecule has 0 saturated carbocycles. The predicted octanol–water partition coefficient (Wildman–Crippen LogP) is 0.366. The third-order valence-electron chi connectivity index (χ3n) is 2.71. The van der Waals surface area contributed by atoms with Gasteiger partial charge in [-0.1, -0.05) is 13.8 Å². The van der Waals surface area contributed by atoms with E-state index in [1.165, 1.54) is 0 Å². The first-order chi connectivity index (χ1) is 5.40. The van der Waals surface area contributed by atoms with Gasteiger partial charge in [0.1, 0.15) is 0 Å². The van der Waals surface area contributed by atoms with Gasteiger partial charge in [-0.15, -0.1) is 0 Å². The van der Waals surface area contributed by atoms with E-state index in [-0.39, 0.29) is 5.41 Å². The van der Waals surface area contributed by atoms with E-state index in [4.69, 9.17) is 5.73 Å². The quantitative estimate of drug-likeness (QED) is 0.626. The highest BCUT2D eigenvalue weighted by atomic mass is 32.2. The Morgan fingerprint density at radius 3 is 2.50 bits per heavy atom. The summed E-state index contributed by atoms with van der Waals surface area (Å²) in [5.41, 5.74) is 3.47. The standard InChI is InChI=1S/C8H15NO2S/c1-7(2)3-4-12-5-8(7,11)6(9)10/h11H,3-5H2,1-2H3,(H2,9,10). The zero-order valence-electron chi connectivity index (χ0n) is 7.46. The number of hydrogen-bond acceptors (Lipinski definition) is 3. The Bertz CT molecular complexity index is 205. The van der Waals surface area contributed by atoms with Crippen LogP contribution in [-0.2, 0) is 4.79 Å². The molecule has 0 aromatic heterocycles. The minimum atomic E-state index is -1.32. The first-order valence-corrected chi connectivity index (χ1v) is 5.16.